The fourth-order valence-corrected chi connectivity index (χ4v) is 2.73. The van der Waals surface area contributed by atoms with Gasteiger partial charge in [-0.25, -0.2) is 4.79 Å². The topological polar surface area (TPSA) is 57.7 Å². The van der Waals surface area contributed by atoms with E-state index in [1.54, 1.807) is 6.08 Å². The zero-order valence-electron chi connectivity index (χ0n) is 13.8. The Kier molecular flexibility index (Phi) is 6.53. The quantitative estimate of drug-likeness (QED) is 0.393. The molecule has 1 saturated heterocycles. The zero-order valence-corrected chi connectivity index (χ0v) is 13.8. The van der Waals surface area contributed by atoms with E-state index in [4.69, 9.17) is 0 Å². The van der Waals surface area contributed by atoms with Crippen LogP contribution < -0.4 is 0 Å². The molecule has 0 aromatic heterocycles. The summed E-state index contributed by atoms with van der Waals surface area (Å²) in [6, 6.07) is -0.582. The molecule has 1 rings (SSSR count). The largest absolute Gasteiger partial charge is 0.332 e. The van der Waals surface area contributed by atoms with Crippen LogP contribution in [0.3, 0.4) is 0 Å². The van der Waals surface area contributed by atoms with Crippen LogP contribution in [0.4, 0.5) is 4.79 Å². The fraction of sp³-hybridized carbons (Fsp3) is 0.588. The molecule has 0 atom stereocenters. The van der Waals surface area contributed by atoms with Gasteiger partial charge in [-0.3, -0.25) is 19.4 Å². The molecule has 0 unspecified atom stereocenters. The number of nitrogens with zero attached hydrogens (tertiary/aromatic N) is 2. The van der Waals surface area contributed by atoms with E-state index in [9.17, 15) is 14.4 Å². The van der Waals surface area contributed by atoms with Gasteiger partial charge in [-0.15, -0.1) is 6.58 Å². The predicted octanol–water partition coefficient (Wildman–Crippen LogP) is 3.13. The number of carbonyl (C=O) groups excluding carboxylic acids is 3. The minimum Gasteiger partial charge on any atom is -0.273 e. The molecule has 0 N–H and O–H groups in total. The van der Waals surface area contributed by atoms with Crippen molar-refractivity contribution in [1.29, 1.82) is 0 Å². The van der Waals surface area contributed by atoms with Crippen molar-refractivity contribution >= 4 is 17.8 Å². The van der Waals surface area contributed by atoms with Gasteiger partial charge in [-0.2, -0.15) is 0 Å². The van der Waals surface area contributed by atoms with Gasteiger partial charge in [0.1, 0.15) is 5.41 Å². The number of urea groups is 1. The van der Waals surface area contributed by atoms with Gasteiger partial charge in [0, 0.05) is 14.1 Å². The zero-order chi connectivity index (χ0) is 16.8. The number of imide groups is 2. The Morgan fingerprint density at radius 3 is 2.09 bits per heavy atom. The van der Waals surface area contributed by atoms with Crippen LogP contribution in [0.25, 0.3) is 0 Å². The highest BCUT2D eigenvalue weighted by molar-refractivity contribution is 6.18. The van der Waals surface area contributed by atoms with Gasteiger partial charge < -0.3 is 0 Å². The van der Waals surface area contributed by atoms with E-state index in [2.05, 4.69) is 13.5 Å². The second-order valence-corrected chi connectivity index (χ2v) is 5.76. The summed E-state index contributed by atoms with van der Waals surface area (Å²) in [7, 11) is 2.83. The van der Waals surface area contributed by atoms with Gasteiger partial charge in [-0.1, -0.05) is 38.0 Å². The molecule has 122 valence electrons. The third kappa shape index (κ3) is 3.46. The van der Waals surface area contributed by atoms with E-state index in [0.717, 1.165) is 29.1 Å². The average molecular weight is 306 g/mol. The normalized spacial score (nSPS) is 18.4. The van der Waals surface area contributed by atoms with Crippen molar-refractivity contribution in [2.75, 3.05) is 14.1 Å². The molecule has 22 heavy (non-hydrogen) atoms. The maximum atomic E-state index is 12.5. The lowest BCUT2D eigenvalue weighted by molar-refractivity contribution is -0.156. The third-order valence-corrected chi connectivity index (χ3v) is 4.10. The number of allylic oxidation sites excluding steroid dienone is 3. The Bertz CT molecular complexity index is 458. The molecule has 0 aromatic carbocycles. The summed E-state index contributed by atoms with van der Waals surface area (Å²) in [5.41, 5.74) is -1.24. The fourth-order valence-electron chi connectivity index (χ4n) is 2.73. The van der Waals surface area contributed by atoms with Gasteiger partial charge in [-0.05, 0) is 25.7 Å². The highest BCUT2D eigenvalue weighted by atomic mass is 16.2. The van der Waals surface area contributed by atoms with Crippen molar-refractivity contribution < 1.29 is 14.4 Å². The Morgan fingerprint density at radius 1 is 1.00 bits per heavy atom. The van der Waals surface area contributed by atoms with Gasteiger partial charge in [0.15, 0.2) is 0 Å². The van der Waals surface area contributed by atoms with E-state index in [1.807, 2.05) is 12.2 Å². The highest BCUT2D eigenvalue weighted by Crippen LogP contribution is 2.36. The van der Waals surface area contributed by atoms with Gasteiger partial charge >= 0.3 is 6.03 Å². The molecule has 1 heterocycles. The van der Waals surface area contributed by atoms with Gasteiger partial charge in [0.25, 0.3) is 0 Å². The first-order valence-electron chi connectivity index (χ1n) is 7.78. The lowest BCUT2D eigenvalue weighted by Crippen LogP contribution is -2.62. The maximum Gasteiger partial charge on any atom is 0.332 e. The van der Waals surface area contributed by atoms with Crippen molar-refractivity contribution in [3.63, 3.8) is 0 Å². The molecule has 1 aliphatic rings. The minimum absolute atomic E-state index is 0.228. The molecule has 0 saturated carbocycles. The maximum absolute atomic E-state index is 12.5. The monoisotopic (exact) mass is 306 g/mol. The smallest absolute Gasteiger partial charge is 0.273 e. The number of carbonyl (C=O) groups is 3. The molecule has 5 nitrogen and oxygen atoms in total. The Hall–Kier alpha value is -1.91. The van der Waals surface area contributed by atoms with Crippen molar-refractivity contribution in [2.24, 2.45) is 5.41 Å². The molecule has 0 bridgehead atoms. The third-order valence-electron chi connectivity index (χ3n) is 4.10. The Balaban J connectivity index is 2.93. The molecular weight excluding hydrogens is 280 g/mol. The summed E-state index contributed by atoms with van der Waals surface area (Å²) in [6.45, 7) is 5.80. The van der Waals surface area contributed by atoms with Crippen molar-refractivity contribution in [1.82, 2.24) is 9.80 Å². The average Bonchev–Trinajstić information content (AvgIpc) is 2.52. The summed E-state index contributed by atoms with van der Waals surface area (Å²) >= 11 is 0. The van der Waals surface area contributed by atoms with E-state index in [1.165, 1.54) is 20.5 Å². The van der Waals surface area contributed by atoms with E-state index in [0.29, 0.717) is 6.42 Å². The van der Waals surface area contributed by atoms with Gasteiger partial charge in [0.2, 0.25) is 11.8 Å². The van der Waals surface area contributed by atoms with Crippen LogP contribution in [0.1, 0.15) is 45.4 Å². The minimum atomic E-state index is -1.24. The van der Waals surface area contributed by atoms with Crippen LogP contribution in [0.5, 0.6) is 0 Å². The highest BCUT2D eigenvalue weighted by Gasteiger charge is 2.53. The molecule has 0 spiro atoms. The number of rotatable bonds is 8. The molecule has 5 heteroatoms. The predicted molar refractivity (Wildman–Crippen MR) is 86.1 cm³/mol. The molecule has 1 aliphatic heterocycles. The lowest BCUT2D eigenvalue weighted by atomic mass is 9.77. The molecular formula is C17H26N2O3. The standard InChI is InChI=1S/C17H26N2O3/c1-5-7-8-9-10-11-13-17(12-6-2)14(20)18(3)16(22)19(4)15(17)21/h6,10-11H,2,5,7-9,12-13H2,1,3-4H3/b11-10+. The van der Waals surface area contributed by atoms with Crippen LogP contribution in [0.2, 0.25) is 0 Å². The van der Waals surface area contributed by atoms with Crippen LogP contribution in [-0.4, -0.2) is 41.7 Å². The summed E-state index contributed by atoms with van der Waals surface area (Å²) in [5.74, 6) is -0.891. The number of amides is 4. The molecule has 0 aromatic rings. The molecule has 0 aliphatic carbocycles. The summed E-state index contributed by atoms with van der Waals surface area (Å²) in [6.07, 6.45) is 10.3. The second-order valence-electron chi connectivity index (χ2n) is 5.76. The van der Waals surface area contributed by atoms with Crippen LogP contribution in [-0.2, 0) is 9.59 Å². The molecule has 1 fully saturated rings. The first kappa shape index (κ1) is 18.1. The van der Waals surface area contributed by atoms with Crippen molar-refractivity contribution in [3.05, 3.63) is 24.8 Å². The number of barbiturate groups is 1. The summed E-state index contributed by atoms with van der Waals surface area (Å²) in [4.78, 5) is 39.0. The number of hydrogen-bond acceptors (Lipinski definition) is 3. The number of hydrogen-bond donors (Lipinski definition) is 0. The molecule has 4 amide bonds. The molecule has 0 radical (unpaired) electrons. The Morgan fingerprint density at radius 2 is 1.59 bits per heavy atom. The van der Waals surface area contributed by atoms with Crippen LogP contribution >= 0.6 is 0 Å². The Labute approximate surface area is 132 Å². The van der Waals surface area contributed by atoms with E-state index in [-0.39, 0.29) is 6.42 Å². The van der Waals surface area contributed by atoms with Crippen LogP contribution in [0.15, 0.2) is 24.8 Å². The van der Waals surface area contributed by atoms with E-state index < -0.39 is 23.3 Å². The van der Waals surface area contributed by atoms with Crippen molar-refractivity contribution in [3.8, 4) is 0 Å². The first-order chi connectivity index (χ1) is 10.4. The van der Waals surface area contributed by atoms with Crippen molar-refractivity contribution in [2.45, 2.75) is 45.4 Å². The van der Waals surface area contributed by atoms with Gasteiger partial charge in [0.05, 0.1) is 0 Å². The summed E-state index contributed by atoms with van der Waals surface area (Å²) in [5, 5.41) is 0. The SMILES string of the molecule is C=CCC1(C/C=C/CCCCC)C(=O)N(C)C(=O)N(C)C1=O. The lowest BCUT2D eigenvalue weighted by Gasteiger charge is -2.40. The van der Waals surface area contributed by atoms with Crippen LogP contribution in [0, 0.1) is 5.41 Å². The first-order valence-corrected chi connectivity index (χ1v) is 7.78. The van der Waals surface area contributed by atoms with E-state index >= 15 is 0 Å². The summed E-state index contributed by atoms with van der Waals surface area (Å²) < 4.78 is 0. The number of unbranched alkanes of at least 4 members (excludes halogenated alkanes) is 3. The second kappa shape index (κ2) is 7.92.